The van der Waals surface area contributed by atoms with Crippen molar-refractivity contribution < 1.29 is 9.90 Å². The lowest BCUT2D eigenvalue weighted by Gasteiger charge is -2.11. The molecule has 1 aliphatic heterocycles. The zero-order valence-electron chi connectivity index (χ0n) is 9.60. The Morgan fingerprint density at radius 2 is 2.00 bits per heavy atom. The van der Waals surface area contributed by atoms with Crippen molar-refractivity contribution in [1.29, 1.82) is 0 Å². The second-order valence-electron chi connectivity index (χ2n) is 3.69. The summed E-state index contributed by atoms with van der Waals surface area (Å²) in [6.07, 6.45) is 1.63. The minimum Gasteiger partial charge on any atom is -0.395 e. The van der Waals surface area contributed by atoms with E-state index < -0.39 is 0 Å². The zero-order valence-corrected chi connectivity index (χ0v) is 12.7. The molecule has 1 saturated heterocycles. The van der Waals surface area contributed by atoms with Crippen molar-refractivity contribution in [3.05, 3.63) is 38.7 Å². The minimum atomic E-state index is -0.236. The summed E-state index contributed by atoms with van der Waals surface area (Å²) in [7, 11) is 0. The summed E-state index contributed by atoms with van der Waals surface area (Å²) in [5, 5.41) is 9.85. The van der Waals surface area contributed by atoms with Gasteiger partial charge in [0.2, 0.25) is 0 Å². The van der Waals surface area contributed by atoms with Crippen molar-refractivity contribution in [2.24, 2.45) is 0 Å². The Morgan fingerprint density at radius 3 is 2.58 bits per heavy atom. The summed E-state index contributed by atoms with van der Waals surface area (Å²) in [4.78, 5) is 13.9. The molecule has 1 N–H and O–H groups in total. The monoisotopic (exact) mass is 333 g/mol. The lowest BCUT2D eigenvalue weighted by atomic mass is 10.2. The molecule has 0 unspecified atom stereocenters. The Balaban J connectivity index is 2.35. The molecule has 0 atom stereocenters. The van der Waals surface area contributed by atoms with Crippen LogP contribution < -0.4 is 0 Å². The van der Waals surface area contributed by atoms with Crippen LogP contribution in [0.2, 0.25) is 10.0 Å². The molecule has 0 aliphatic carbocycles. The first-order valence-corrected chi connectivity index (χ1v) is 7.33. The first-order chi connectivity index (χ1) is 9.04. The van der Waals surface area contributed by atoms with Gasteiger partial charge in [0, 0.05) is 15.6 Å². The number of rotatable bonds is 3. The van der Waals surface area contributed by atoms with E-state index in [2.05, 4.69) is 0 Å². The fourth-order valence-electron chi connectivity index (χ4n) is 1.57. The van der Waals surface area contributed by atoms with Gasteiger partial charge in [0.1, 0.15) is 4.32 Å². The molecule has 100 valence electrons. The Kier molecular flexibility index (Phi) is 4.86. The van der Waals surface area contributed by atoms with Crippen LogP contribution in [0.25, 0.3) is 6.08 Å². The molecule has 1 aromatic carbocycles. The fraction of sp³-hybridized carbons (Fsp3) is 0.167. The average Bonchev–Trinajstić information content (AvgIpc) is 2.62. The van der Waals surface area contributed by atoms with Gasteiger partial charge in [-0.25, -0.2) is 0 Å². The molecule has 0 bridgehead atoms. The van der Waals surface area contributed by atoms with E-state index in [-0.39, 0.29) is 19.1 Å². The first kappa shape index (κ1) is 14.8. The number of thioether (sulfide) groups is 1. The number of aliphatic hydroxyl groups is 1. The molecule has 0 radical (unpaired) electrons. The topological polar surface area (TPSA) is 40.5 Å². The van der Waals surface area contributed by atoms with Gasteiger partial charge in [0.15, 0.2) is 0 Å². The highest BCUT2D eigenvalue weighted by Crippen LogP contribution is 2.35. The molecule has 1 amide bonds. The molecule has 1 fully saturated rings. The predicted octanol–water partition coefficient (Wildman–Crippen LogP) is 3.19. The van der Waals surface area contributed by atoms with Crippen LogP contribution in [0.1, 0.15) is 5.56 Å². The quantitative estimate of drug-likeness (QED) is 0.681. The fourth-order valence-corrected chi connectivity index (χ4v) is 3.37. The highest BCUT2D eigenvalue weighted by Gasteiger charge is 2.31. The molecular formula is C12H9Cl2NO2S2. The Morgan fingerprint density at radius 1 is 1.37 bits per heavy atom. The number of β-amino-alcohol motifs (C(OH)–C–C–N with tert-alkyl or cyclic N) is 1. The molecule has 1 heterocycles. The van der Waals surface area contributed by atoms with Crippen LogP contribution >= 0.6 is 47.2 Å². The van der Waals surface area contributed by atoms with E-state index in [1.54, 1.807) is 24.3 Å². The van der Waals surface area contributed by atoms with Crippen molar-refractivity contribution >= 4 is 63.5 Å². The van der Waals surface area contributed by atoms with Gasteiger partial charge in [0.25, 0.3) is 5.91 Å². The van der Waals surface area contributed by atoms with E-state index in [4.69, 9.17) is 40.5 Å². The van der Waals surface area contributed by atoms with Crippen molar-refractivity contribution in [3.8, 4) is 0 Å². The van der Waals surface area contributed by atoms with Crippen LogP contribution in [0.5, 0.6) is 0 Å². The van der Waals surface area contributed by atoms with Gasteiger partial charge >= 0.3 is 0 Å². The Bertz CT molecular complexity index is 555. The van der Waals surface area contributed by atoms with Crippen LogP contribution in [0, 0.1) is 0 Å². The number of hydrogen-bond acceptors (Lipinski definition) is 4. The zero-order chi connectivity index (χ0) is 14.0. The summed E-state index contributed by atoms with van der Waals surface area (Å²) in [5.41, 5.74) is 0.593. The number of aliphatic hydroxyl groups excluding tert-OH is 1. The van der Waals surface area contributed by atoms with Gasteiger partial charge in [-0.05, 0) is 18.2 Å². The Labute approximate surface area is 130 Å². The van der Waals surface area contributed by atoms with Crippen LogP contribution in [0.4, 0.5) is 0 Å². The van der Waals surface area contributed by atoms with Gasteiger partial charge in [-0.1, -0.05) is 53.2 Å². The predicted molar refractivity (Wildman–Crippen MR) is 83.4 cm³/mol. The third-order valence-electron chi connectivity index (χ3n) is 2.47. The number of halogens is 2. The molecule has 1 aliphatic rings. The van der Waals surface area contributed by atoms with E-state index in [1.807, 2.05) is 0 Å². The van der Waals surface area contributed by atoms with Crippen molar-refractivity contribution in [3.63, 3.8) is 0 Å². The van der Waals surface area contributed by atoms with Crippen molar-refractivity contribution in [2.75, 3.05) is 13.2 Å². The molecule has 3 nitrogen and oxygen atoms in total. The lowest BCUT2D eigenvalue weighted by Crippen LogP contribution is -2.30. The van der Waals surface area contributed by atoms with E-state index in [0.717, 1.165) is 0 Å². The van der Waals surface area contributed by atoms with Gasteiger partial charge in [0.05, 0.1) is 18.1 Å². The minimum absolute atomic E-state index is 0.132. The third-order valence-corrected chi connectivity index (χ3v) is 4.51. The summed E-state index contributed by atoms with van der Waals surface area (Å²) in [6.45, 7) is 0.0603. The van der Waals surface area contributed by atoms with Crippen LogP contribution in [0.3, 0.4) is 0 Å². The summed E-state index contributed by atoms with van der Waals surface area (Å²) < 4.78 is 0.425. The van der Waals surface area contributed by atoms with Crippen LogP contribution in [-0.4, -0.2) is 33.4 Å². The number of nitrogens with zero attached hydrogens (tertiary/aromatic N) is 1. The molecule has 19 heavy (non-hydrogen) atoms. The second kappa shape index (κ2) is 6.24. The van der Waals surface area contributed by atoms with E-state index >= 15 is 0 Å². The summed E-state index contributed by atoms with van der Waals surface area (Å²) in [6, 6.07) is 5.14. The largest absolute Gasteiger partial charge is 0.395 e. The smallest absolute Gasteiger partial charge is 0.266 e. The molecule has 2 rings (SSSR count). The maximum absolute atomic E-state index is 12.1. The lowest BCUT2D eigenvalue weighted by molar-refractivity contribution is -0.122. The second-order valence-corrected chi connectivity index (χ2v) is 6.18. The average molecular weight is 334 g/mol. The van der Waals surface area contributed by atoms with Gasteiger partial charge in [-0.15, -0.1) is 0 Å². The molecule has 1 aromatic rings. The molecule has 0 spiro atoms. The van der Waals surface area contributed by atoms with Crippen LogP contribution in [-0.2, 0) is 4.79 Å². The number of amides is 1. The van der Waals surface area contributed by atoms with E-state index in [0.29, 0.717) is 24.8 Å². The highest BCUT2D eigenvalue weighted by molar-refractivity contribution is 8.26. The van der Waals surface area contributed by atoms with E-state index in [1.165, 1.54) is 16.7 Å². The first-order valence-electron chi connectivity index (χ1n) is 5.35. The SMILES string of the molecule is O=C1/C(=C/c2c(Cl)cccc2Cl)SC(=S)N1CCO. The standard InChI is InChI=1S/C12H9Cl2NO2S2/c13-8-2-1-3-9(14)7(8)6-10-11(17)15(4-5-16)12(18)19-10/h1-3,6,16H,4-5H2/b10-6-. The van der Waals surface area contributed by atoms with Crippen molar-refractivity contribution in [2.45, 2.75) is 0 Å². The molecule has 7 heteroatoms. The Hall–Kier alpha value is -0.590. The van der Waals surface area contributed by atoms with Gasteiger partial charge in [-0.3, -0.25) is 9.69 Å². The van der Waals surface area contributed by atoms with Crippen LogP contribution in [0.15, 0.2) is 23.1 Å². The number of carbonyl (C=O) groups is 1. The number of carbonyl (C=O) groups excluding carboxylic acids is 1. The van der Waals surface area contributed by atoms with E-state index in [9.17, 15) is 4.79 Å². The van der Waals surface area contributed by atoms with Crippen molar-refractivity contribution in [1.82, 2.24) is 4.90 Å². The highest BCUT2D eigenvalue weighted by atomic mass is 35.5. The molecule has 0 saturated carbocycles. The summed E-state index contributed by atoms with van der Waals surface area (Å²) >= 11 is 18.4. The number of benzene rings is 1. The molecule has 0 aromatic heterocycles. The van der Waals surface area contributed by atoms with Gasteiger partial charge in [-0.2, -0.15) is 0 Å². The maximum Gasteiger partial charge on any atom is 0.266 e. The van der Waals surface area contributed by atoms with Gasteiger partial charge < -0.3 is 5.11 Å². The molecular weight excluding hydrogens is 325 g/mol. The maximum atomic E-state index is 12.1. The third kappa shape index (κ3) is 3.12. The summed E-state index contributed by atoms with van der Waals surface area (Å²) in [5.74, 6) is -0.236. The normalized spacial score (nSPS) is 17.6. The number of thiocarbonyl (C=S) groups is 1. The number of hydrogen-bond donors (Lipinski definition) is 1.